The summed E-state index contributed by atoms with van der Waals surface area (Å²) in [6, 6.07) is 41.0. The molecule has 0 amide bonds. The van der Waals surface area contributed by atoms with Gasteiger partial charge in [0.2, 0.25) is 5.95 Å². The quantitative estimate of drug-likeness (QED) is 0.217. The van der Waals surface area contributed by atoms with Crippen molar-refractivity contribution in [2.24, 2.45) is 0 Å². The van der Waals surface area contributed by atoms with E-state index in [0.29, 0.717) is 5.95 Å². The van der Waals surface area contributed by atoms with Gasteiger partial charge in [-0.25, -0.2) is 9.97 Å². The van der Waals surface area contributed by atoms with Crippen molar-refractivity contribution >= 4 is 54.1 Å². The predicted octanol–water partition coefficient (Wildman–Crippen LogP) is 9.91. The number of nitrogens with zero attached hydrogens (tertiary/aromatic N) is 3. The van der Waals surface area contributed by atoms with Crippen LogP contribution in [0.2, 0.25) is 0 Å². The highest BCUT2D eigenvalue weighted by molar-refractivity contribution is 7.23. The third-order valence-corrected chi connectivity index (χ3v) is 10.0. The smallest absolute Gasteiger partial charge is 0.235 e. The second kappa shape index (κ2) is 8.12. The molecule has 0 unspecified atom stereocenters. The van der Waals surface area contributed by atoms with E-state index in [1.54, 1.807) is 0 Å². The summed E-state index contributed by atoms with van der Waals surface area (Å²) < 4.78 is 3.60. The lowest BCUT2D eigenvalue weighted by Crippen LogP contribution is -2.14. The minimum Gasteiger partial charge on any atom is -0.276 e. The predicted molar refractivity (Wildman–Crippen MR) is 172 cm³/mol. The van der Waals surface area contributed by atoms with Crippen LogP contribution in [0, 0.1) is 0 Å². The topological polar surface area (TPSA) is 30.7 Å². The molecule has 0 atom stereocenters. The summed E-state index contributed by atoms with van der Waals surface area (Å²) in [6.07, 6.45) is 0. The molecular weight excluding hydrogens is 518 g/mol. The normalized spacial score (nSPS) is 13.8. The summed E-state index contributed by atoms with van der Waals surface area (Å²) in [5, 5.41) is 4.83. The number of hydrogen-bond donors (Lipinski definition) is 0. The molecule has 194 valence electrons. The maximum absolute atomic E-state index is 5.31. The van der Waals surface area contributed by atoms with Gasteiger partial charge < -0.3 is 0 Å². The molecule has 0 saturated heterocycles. The van der Waals surface area contributed by atoms with E-state index in [2.05, 4.69) is 128 Å². The van der Waals surface area contributed by atoms with E-state index in [9.17, 15) is 0 Å². The Balaban J connectivity index is 1.44. The van der Waals surface area contributed by atoms with Crippen molar-refractivity contribution in [3.63, 3.8) is 0 Å². The molecule has 0 bridgehead atoms. The van der Waals surface area contributed by atoms with Crippen LogP contribution in [0.4, 0.5) is 0 Å². The first-order valence-corrected chi connectivity index (χ1v) is 14.8. The van der Waals surface area contributed by atoms with Crippen LogP contribution in [0.3, 0.4) is 0 Å². The van der Waals surface area contributed by atoms with Gasteiger partial charge in [0.25, 0.3) is 0 Å². The van der Waals surface area contributed by atoms with Crippen LogP contribution in [0.25, 0.3) is 70.4 Å². The van der Waals surface area contributed by atoms with Crippen molar-refractivity contribution in [3.05, 3.63) is 126 Å². The first kappa shape index (κ1) is 23.0. The van der Waals surface area contributed by atoms with Crippen LogP contribution in [-0.2, 0) is 5.41 Å². The largest absolute Gasteiger partial charge is 0.276 e. The van der Waals surface area contributed by atoms with E-state index in [1.807, 2.05) is 17.4 Å². The first-order valence-electron chi connectivity index (χ1n) is 14.0. The maximum Gasteiger partial charge on any atom is 0.235 e. The molecule has 0 fully saturated rings. The van der Waals surface area contributed by atoms with Crippen molar-refractivity contribution in [1.29, 1.82) is 0 Å². The Morgan fingerprint density at radius 1 is 0.634 bits per heavy atom. The van der Waals surface area contributed by atoms with Crippen LogP contribution in [0.1, 0.15) is 25.0 Å². The van der Waals surface area contributed by atoms with Crippen molar-refractivity contribution in [2.45, 2.75) is 19.3 Å². The van der Waals surface area contributed by atoms with E-state index in [0.717, 1.165) is 27.7 Å². The van der Waals surface area contributed by atoms with E-state index >= 15 is 0 Å². The van der Waals surface area contributed by atoms with Gasteiger partial charge in [0.05, 0.1) is 26.9 Å². The SMILES string of the molecule is CC1(C)c2ccccc2-c2sc3c(ccc4c5ccccc5n(-c5nc(-c6ccccc6)c6ccccc6n5)c43)c21. The Hall–Kier alpha value is -4.80. The second-order valence-corrected chi connectivity index (χ2v) is 12.4. The van der Waals surface area contributed by atoms with Crippen molar-refractivity contribution in [1.82, 2.24) is 14.5 Å². The van der Waals surface area contributed by atoms with Gasteiger partial charge in [0.1, 0.15) is 0 Å². The Morgan fingerprint density at radius 2 is 1.34 bits per heavy atom. The number of benzene rings is 5. The Kier molecular flexibility index (Phi) is 4.55. The molecule has 8 aromatic rings. The molecule has 1 aliphatic carbocycles. The number of aromatic nitrogens is 3. The van der Waals surface area contributed by atoms with Crippen LogP contribution in [-0.4, -0.2) is 14.5 Å². The minimum atomic E-state index is -0.0609. The van der Waals surface area contributed by atoms with Crippen LogP contribution >= 0.6 is 11.3 Å². The summed E-state index contributed by atoms with van der Waals surface area (Å²) in [6.45, 7) is 4.73. The van der Waals surface area contributed by atoms with E-state index in [-0.39, 0.29) is 5.41 Å². The number of rotatable bonds is 2. The zero-order chi connectivity index (χ0) is 27.3. The fraction of sp³-hybridized carbons (Fsp3) is 0.0811. The third-order valence-electron chi connectivity index (χ3n) is 8.80. The minimum absolute atomic E-state index is 0.0609. The number of hydrogen-bond acceptors (Lipinski definition) is 3. The van der Waals surface area contributed by atoms with Crippen molar-refractivity contribution < 1.29 is 0 Å². The fourth-order valence-corrected chi connectivity index (χ4v) is 8.50. The highest BCUT2D eigenvalue weighted by Crippen LogP contribution is 2.56. The van der Waals surface area contributed by atoms with Gasteiger partial charge in [-0.3, -0.25) is 4.57 Å². The zero-order valence-corrected chi connectivity index (χ0v) is 23.5. The molecule has 3 aromatic heterocycles. The van der Waals surface area contributed by atoms with Gasteiger partial charge in [-0.05, 0) is 34.2 Å². The fourth-order valence-electron chi connectivity index (χ4n) is 6.96. The molecule has 3 nitrogen and oxygen atoms in total. The zero-order valence-electron chi connectivity index (χ0n) is 22.7. The lowest BCUT2D eigenvalue weighted by Gasteiger charge is -2.21. The number of fused-ring (bicyclic) bond motifs is 10. The molecule has 0 saturated carbocycles. The summed E-state index contributed by atoms with van der Waals surface area (Å²) in [4.78, 5) is 11.9. The summed E-state index contributed by atoms with van der Waals surface area (Å²) in [5.74, 6) is 0.703. The van der Waals surface area contributed by atoms with E-state index in [1.165, 1.54) is 47.9 Å². The number of thiophene rings is 1. The molecule has 9 rings (SSSR count). The molecule has 0 N–H and O–H groups in total. The molecule has 4 heteroatoms. The van der Waals surface area contributed by atoms with Crippen LogP contribution in [0.5, 0.6) is 0 Å². The Morgan fingerprint density at radius 3 is 2.22 bits per heavy atom. The van der Waals surface area contributed by atoms with Crippen LogP contribution in [0.15, 0.2) is 115 Å². The highest BCUT2D eigenvalue weighted by Gasteiger charge is 2.39. The summed E-state index contributed by atoms with van der Waals surface area (Å²) in [7, 11) is 0. The second-order valence-electron chi connectivity index (χ2n) is 11.4. The highest BCUT2D eigenvalue weighted by atomic mass is 32.1. The average molecular weight is 544 g/mol. The average Bonchev–Trinajstić information content (AvgIpc) is 3.64. The van der Waals surface area contributed by atoms with Gasteiger partial charge in [0, 0.05) is 32.0 Å². The Labute approximate surface area is 241 Å². The number of para-hydroxylation sites is 2. The van der Waals surface area contributed by atoms with Gasteiger partial charge >= 0.3 is 0 Å². The third kappa shape index (κ3) is 3.03. The standard InChI is InChI=1S/C37H25N3S/c1-37(2)28-17-9-6-15-25(28)34-31(37)27-21-20-24-23-14-8-11-19-30(23)40(33(24)35(27)41-34)36-38-29-18-10-7-16-26(29)32(39-36)22-12-4-3-5-13-22/h3-21H,1-2H3. The van der Waals surface area contributed by atoms with Gasteiger partial charge in [-0.2, -0.15) is 0 Å². The molecule has 3 heterocycles. The van der Waals surface area contributed by atoms with Gasteiger partial charge in [-0.1, -0.05) is 117 Å². The molecule has 0 spiro atoms. The van der Waals surface area contributed by atoms with E-state index in [4.69, 9.17) is 9.97 Å². The van der Waals surface area contributed by atoms with Gasteiger partial charge in [-0.15, -0.1) is 11.3 Å². The first-order chi connectivity index (χ1) is 20.1. The molecule has 5 aromatic carbocycles. The lowest BCUT2D eigenvalue weighted by molar-refractivity contribution is 0.667. The monoisotopic (exact) mass is 543 g/mol. The Bertz CT molecular complexity index is 2340. The summed E-state index contributed by atoms with van der Waals surface area (Å²) in [5.41, 5.74) is 9.43. The molecule has 41 heavy (non-hydrogen) atoms. The molecular formula is C37H25N3S. The molecule has 1 aliphatic rings. The van der Waals surface area contributed by atoms with Crippen LogP contribution < -0.4 is 0 Å². The molecule has 0 radical (unpaired) electrons. The molecule has 0 aliphatic heterocycles. The van der Waals surface area contributed by atoms with E-state index < -0.39 is 0 Å². The van der Waals surface area contributed by atoms with Crippen molar-refractivity contribution in [3.8, 4) is 27.6 Å². The lowest BCUT2D eigenvalue weighted by atomic mass is 9.81. The summed E-state index contributed by atoms with van der Waals surface area (Å²) >= 11 is 1.91. The van der Waals surface area contributed by atoms with Gasteiger partial charge in [0.15, 0.2) is 0 Å². The maximum atomic E-state index is 5.31. The van der Waals surface area contributed by atoms with Crippen molar-refractivity contribution in [2.75, 3.05) is 0 Å².